The van der Waals surface area contributed by atoms with Gasteiger partial charge in [0.15, 0.2) is 9.84 Å². The molecule has 2 unspecified atom stereocenters. The molecule has 1 aliphatic heterocycles. The van der Waals surface area contributed by atoms with Crippen molar-refractivity contribution in [2.75, 3.05) is 5.75 Å². The van der Waals surface area contributed by atoms with E-state index in [1.165, 1.54) is 4.88 Å². The first kappa shape index (κ1) is 13.0. The molecule has 0 aliphatic carbocycles. The summed E-state index contributed by atoms with van der Waals surface area (Å²) >= 11 is 1.62. The number of thiophene rings is 1. The van der Waals surface area contributed by atoms with Crippen LogP contribution in [0.2, 0.25) is 0 Å². The van der Waals surface area contributed by atoms with Crippen LogP contribution in [-0.4, -0.2) is 19.4 Å². The van der Waals surface area contributed by atoms with Crippen molar-refractivity contribution in [1.29, 1.82) is 0 Å². The van der Waals surface area contributed by atoms with Gasteiger partial charge in [0.25, 0.3) is 0 Å². The van der Waals surface area contributed by atoms with Crippen LogP contribution in [-0.2, 0) is 9.84 Å². The lowest BCUT2D eigenvalue weighted by Crippen LogP contribution is -2.43. The highest BCUT2D eigenvalue weighted by atomic mass is 32.2. The molecule has 1 aromatic rings. The zero-order valence-electron chi connectivity index (χ0n) is 9.85. The van der Waals surface area contributed by atoms with Crippen LogP contribution in [0, 0.1) is 6.92 Å². The van der Waals surface area contributed by atoms with Gasteiger partial charge in [-0.2, -0.15) is 0 Å². The third-order valence-electron chi connectivity index (χ3n) is 3.29. The Morgan fingerprint density at radius 3 is 2.82 bits per heavy atom. The summed E-state index contributed by atoms with van der Waals surface area (Å²) in [7, 11) is -3.01. The normalized spacial score (nSPS) is 25.6. The molecular formula is C11H18N2O2S2. The summed E-state index contributed by atoms with van der Waals surface area (Å²) in [5.41, 5.74) is 3.68. The minimum Gasteiger partial charge on any atom is -0.271 e. The third-order valence-corrected chi connectivity index (χ3v) is 6.46. The summed E-state index contributed by atoms with van der Waals surface area (Å²) in [4.78, 5) is 1.17. The van der Waals surface area contributed by atoms with Gasteiger partial charge in [0.05, 0.1) is 17.0 Å². The second-order valence-electron chi connectivity index (χ2n) is 4.54. The largest absolute Gasteiger partial charge is 0.271 e. The van der Waals surface area contributed by atoms with Gasteiger partial charge >= 0.3 is 0 Å². The topological polar surface area (TPSA) is 72.2 Å². The van der Waals surface area contributed by atoms with Crippen LogP contribution in [0.4, 0.5) is 0 Å². The Hall–Kier alpha value is -0.430. The summed E-state index contributed by atoms with van der Waals surface area (Å²) in [6.45, 7) is 2.01. The van der Waals surface area contributed by atoms with Gasteiger partial charge in [-0.1, -0.05) is 6.42 Å². The number of nitrogens with one attached hydrogen (secondary N) is 1. The molecule has 2 heterocycles. The van der Waals surface area contributed by atoms with Crippen molar-refractivity contribution in [2.45, 2.75) is 37.5 Å². The quantitative estimate of drug-likeness (QED) is 0.647. The monoisotopic (exact) mass is 274 g/mol. The fraction of sp³-hybridized carbons (Fsp3) is 0.636. The van der Waals surface area contributed by atoms with Gasteiger partial charge in [0.2, 0.25) is 0 Å². The summed E-state index contributed by atoms with van der Waals surface area (Å²) < 4.78 is 24.1. The fourth-order valence-corrected chi connectivity index (χ4v) is 5.22. The molecule has 2 rings (SSSR count). The smallest absolute Gasteiger partial charge is 0.155 e. The van der Waals surface area contributed by atoms with E-state index in [0.717, 1.165) is 18.4 Å². The van der Waals surface area contributed by atoms with Gasteiger partial charge in [0, 0.05) is 4.88 Å². The van der Waals surface area contributed by atoms with E-state index in [2.05, 4.69) is 5.43 Å². The van der Waals surface area contributed by atoms with Crippen molar-refractivity contribution in [1.82, 2.24) is 5.43 Å². The van der Waals surface area contributed by atoms with Gasteiger partial charge in [-0.25, -0.2) is 8.42 Å². The molecule has 0 bridgehead atoms. The van der Waals surface area contributed by atoms with Gasteiger partial charge in [0.1, 0.15) is 0 Å². The maximum absolute atomic E-state index is 12.1. The molecule has 0 spiro atoms. The number of sulfone groups is 1. The summed E-state index contributed by atoms with van der Waals surface area (Å²) in [5.74, 6) is 5.85. The first-order chi connectivity index (χ1) is 8.04. The average molecular weight is 274 g/mol. The number of rotatable bonds is 3. The molecule has 2 atom stereocenters. The molecule has 1 aromatic heterocycles. The number of hydrogen-bond acceptors (Lipinski definition) is 5. The van der Waals surface area contributed by atoms with Crippen LogP contribution in [0.25, 0.3) is 0 Å². The Bertz CT molecular complexity index is 481. The van der Waals surface area contributed by atoms with Gasteiger partial charge in [-0.15, -0.1) is 11.3 Å². The van der Waals surface area contributed by atoms with E-state index < -0.39 is 9.84 Å². The summed E-state index contributed by atoms with van der Waals surface area (Å²) in [5, 5.41) is 1.61. The Labute approximate surface area is 106 Å². The molecule has 96 valence electrons. The Kier molecular flexibility index (Phi) is 3.87. The summed E-state index contributed by atoms with van der Waals surface area (Å²) in [6.07, 6.45) is 2.44. The number of nitrogens with two attached hydrogens (primary N) is 1. The number of hydrazine groups is 1. The lowest BCUT2D eigenvalue weighted by atomic mass is 10.0. The highest BCUT2D eigenvalue weighted by molar-refractivity contribution is 7.92. The SMILES string of the molecule is Cc1cc(C(NN)C2CCCCS2(=O)=O)cs1. The summed E-state index contributed by atoms with van der Waals surface area (Å²) in [6, 6.07) is 1.74. The maximum atomic E-state index is 12.1. The van der Waals surface area contributed by atoms with Gasteiger partial charge in [-0.3, -0.25) is 11.3 Å². The molecule has 1 saturated heterocycles. The number of hydrogen-bond donors (Lipinski definition) is 2. The minimum absolute atomic E-state index is 0.273. The van der Waals surface area contributed by atoms with E-state index in [0.29, 0.717) is 12.2 Å². The Morgan fingerprint density at radius 2 is 2.29 bits per heavy atom. The molecule has 1 fully saturated rings. The highest BCUT2D eigenvalue weighted by Gasteiger charge is 2.36. The standard InChI is InChI=1S/C11H18N2O2S2/c1-8-6-9(7-16-8)11(13-12)10-4-2-3-5-17(10,14)15/h6-7,10-11,13H,2-5,12H2,1H3. The molecule has 0 radical (unpaired) electrons. The van der Waals surface area contributed by atoms with Crippen molar-refractivity contribution in [3.8, 4) is 0 Å². The van der Waals surface area contributed by atoms with Crippen molar-refractivity contribution in [3.05, 3.63) is 21.9 Å². The minimum atomic E-state index is -3.01. The van der Waals surface area contributed by atoms with E-state index in [1.807, 2.05) is 18.4 Å². The number of aryl methyl sites for hydroxylation is 1. The van der Waals surface area contributed by atoms with E-state index in [4.69, 9.17) is 5.84 Å². The zero-order valence-corrected chi connectivity index (χ0v) is 11.5. The fourth-order valence-electron chi connectivity index (χ4n) is 2.40. The first-order valence-corrected chi connectivity index (χ1v) is 8.37. The predicted molar refractivity (Wildman–Crippen MR) is 70.5 cm³/mol. The molecule has 4 nitrogen and oxygen atoms in total. The molecule has 3 N–H and O–H groups in total. The molecule has 0 saturated carbocycles. The lowest BCUT2D eigenvalue weighted by molar-refractivity contribution is 0.454. The van der Waals surface area contributed by atoms with Crippen molar-refractivity contribution >= 4 is 21.2 Å². The highest BCUT2D eigenvalue weighted by Crippen LogP contribution is 2.32. The predicted octanol–water partition coefficient (Wildman–Crippen LogP) is 1.53. The Balaban J connectivity index is 2.29. The van der Waals surface area contributed by atoms with E-state index in [9.17, 15) is 8.42 Å². The van der Waals surface area contributed by atoms with E-state index in [-0.39, 0.29) is 11.3 Å². The second-order valence-corrected chi connectivity index (χ2v) is 7.99. The van der Waals surface area contributed by atoms with Crippen LogP contribution in [0.5, 0.6) is 0 Å². The van der Waals surface area contributed by atoms with Crippen molar-refractivity contribution in [2.24, 2.45) is 5.84 Å². The van der Waals surface area contributed by atoms with E-state index >= 15 is 0 Å². The molecule has 17 heavy (non-hydrogen) atoms. The molecule has 0 amide bonds. The average Bonchev–Trinajstić information content (AvgIpc) is 2.68. The maximum Gasteiger partial charge on any atom is 0.155 e. The lowest BCUT2D eigenvalue weighted by Gasteiger charge is -2.29. The zero-order chi connectivity index (χ0) is 12.5. The second kappa shape index (κ2) is 5.06. The van der Waals surface area contributed by atoms with Crippen LogP contribution < -0.4 is 11.3 Å². The first-order valence-electron chi connectivity index (χ1n) is 5.77. The third kappa shape index (κ3) is 2.70. The van der Waals surface area contributed by atoms with Crippen molar-refractivity contribution in [3.63, 3.8) is 0 Å². The van der Waals surface area contributed by atoms with Crippen LogP contribution >= 0.6 is 11.3 Å². The van der Waals surface area contributed by atoms with E-state index in [1.54, 1.807) is 11.3 Å². The van der Waals surface area contributed by atoms with Crippen LogP contribution in [0.15, 0.2) is 11.4 Å². The molecule has 1 aliphatic rings. The molecular weight excluding hydrogens is 256 g/mol. The van der Waals surface area contributed by atoms with Crippen LogP contribution in [0.3, 0.4) is 0 Å². The van der Waals surface area contributed by atoms with Gasteiger partial charge < -0.3 is 0 Å². The molecule has 0 aromatic carbocycles. The van der Waals surface area contributed by atoms with Crippen LogP contribution in [0.1, 0.15) is 35.7 Å². The van der Waals surface area contributed by atoms with Crippen molar-refractivity contribution < 1.29 is 8.42 Å². The van der Waals surface area contributed by atoms with Gasteiger partial charge in [-0.05, 0) is 36.8 Å². The molecule has 6 heteroatoms. The Morgan fingerprint density at radius 1 is 1.53 bits per heavy atom.